The largest absolute Gasteiger partial charge is 0.338 e. The first-order chi connectivity index (χ1) is 15.8. The minimum absolute atomic E-state index is 0.0546. The van der Waals surface area contributed by atoms with Crippen molar-refractivity contribution >= 4 is 23.4 Å². The number of hydrogen-bond acceptors (Lipinski definition) is 6. The van der Waals surface area contributed by atoms with Crippen LogP contribution in [0.2, 0.25) is 0 Å². The number of piperidine rings is 1. The lowest BCUT2D eigenvalue weighted by molar-refractivity contribution is -0.121. The highest BCUT2D eigenvalue weighted by Crippen LogP contribution is 2.27. The van der Waals surface area contributed by atoms with Gasteiger partial charge in [0, 0.05) is 17.0 Å². The van der Waals surface area contributed by atoms with Crippen LogP contribution >= 0.6 is 11.8 Å². The molecular weight excluding hydrogens is 432 g/mol. The number of nitrogens with one attached hydrogen (secondary N) is 1. The number of nitrogens with zero attached hydrogens (tertiary/aromatic N) is 3. The van der Waals surface area contributed by atoms with Crippen LogP contribution in [0, 0.1) is 5.92 Å². The summed E-state index contributed by atoms with van der Waals surface area (Å²) in [5, 5.41) is 7.30. The molecule has 174 valence electrons. The van der Waals surface area contributed by atoms with E-state index in [4.69, 9.17) is 4.52 Å². The van der Waals surface area contributed by atoms with Crippen LogP contribution in [-0.4, -0.2) is 40.3 Å². The number of rotatable bonds is 6. The number of anilines is 1. The zero-order valence-electron chi connectivity index (χ0n) is 19.8. The van der Waals surface area contributed by atoms with Gasteiger partial charge in [-0.2, -0.15) is 4.98 Å². The molecule has 1 unspecified atom stereocenters. The molecule has 1 aromatic heterocycles. The molecule has 0 spiro atoms. The number of amides is 1. The molecule has 6 nitrogen and oxygen atoms in total. The molecule has 1 amide bonds. The van der Waals surface area contributed by atoms with Crippen LogP contribution in [0.1, 0.15) is 45.1 Å². The van der Waals surface area contributed by atoms with Crippen LogP contribution in [0.5, 0.6) is 0 Å². The number of likely N-dealkylation sites (tertiary alicyclic amines) is 1. The Kier molecular flexibility index (Phi) is 7.20. The summed E-state index contributed by atoms with van der Waals surface area (Å²) in [6.07, 6.45) is 3.88. The summed E-state index contributed by atoms with van der Waals surface area (Å²) in [7, 11) is 0. The topological polar surface area (TPSA) is 71.3 Å². The Morgan fingerprint density at radius 3 is 2.67 bits per heavy atom. The van der Waals surface area contributed by atoms with E-state index in [9.17, 15) is 4.79 Å². The molecule has 3 aromatic rings. The summed E-state index contributed by atoms with van der Waals surface area (Å²) < 4.78 is 5.53. The molecule has 1 atom stereocenters. The second-order valence-corrected chi connectivity index (χ2v) is 10.5. The fraction of sp³-hybridized carbons (Fsp3) is 0.423. The van der Waals surface area contributed by atoms with E-state index < -0.39 is 0 Å². The first-order valence-corrected chi connectivity index (χ1v) is 12.7. The van der Waals surface area contributed by atoms with Gasteiger partial charge < -0.3 is 9.84 Å². The highest BCUT2D eigenvalue weighted by atomic mass is 32.2. The van der Waals surface area contributed by atoms with E-state index in [0.29, 0.717) is 24.8 Å². The van der Waals surface area contributed by atoms with E-state index in [1.165, 1.54) is 5.56 Å². The van der Waals surface area contributed by atoms with Gasteiger partial charge in [-0.3, -0.25) is 9.69 Å². The van der Waals surface area contributed by atoms with Crippen LogP contribution < -0.4 is 5.32 Å². The molecule has 0 radical (unpaired) electrons. The second kappa shape index (κ2) is 10.1. The lowest BCUT2D eigenvalue weighted by atomic mass is 9.87. The lowest BCUT2D eigenvalue weighted by Crippen LogP contribution is -2.40. The van der Waals surface area contributed by atoms with E-state index in [1.807, 2.05) is 42.7 Å². The summed E-state index contributed by atoms with van der Waals surface area (Å²) in [5.74, 6) is 1.21. The standard InChI is InChI=1S/C26H32N4O2S/c1-26(2,3)20-13-11-18(12-14-20)24-28-23(32-29-24)17-30-15-7-8-19(16-30)25(31)27-21-9-5-6-10-22(21)33-4/h5-6,9-14,19H,7-8,15-17H2,1-4H3,(H,27,31). The van der Waals surface area contributed by atoms with Crippen LogP contribution in [0.25, 0.3) is 11.4 Å². The lowest BCUT2D eigenvalue weighted by Gasteiger charge is -2.31. The Hall–Kier alpha value is -2.64. The molecular formula is C26H32N4O2S. The van der Waals surface area contributed by atoms with E-state index in [2.05, 4.69) is 53.3 Å². The van der Waals surface area contributed by atoms with Crippen molar-refractivity contribution < 1.29 is 9.32 Å². The number of thioether (sulfide) groups is 1. The number of carbonyl (C=O) groups excluding carboxylic acids is 1. The maximum atomic E-state index is 12.9. The van der Waals surface area contributed by atoms with E-state index in [1.54, 1.807) is 11.8 Å². The number of aromatic nitrogens is 2. The smallest absolute Gasteiger partial charge is 0.241 e. The van der Waals surface area contributed by atoms with Crippen molar-refractivity contribution in [2.75, 3.05) is 24.7 Å². The third-order valence-corrected chi connectivity index (χ3v) is 6.87. The molecule has 1 saturated heterocycles. The Morgan fingerprint density at radius 1 is 1.18 bits per heavy atom. The molecule has 0 bridgehead atoms. The fourth-order valence-electron chi connectivity index (χ4n) is 4.14. The predicted octanol–water partition coefficient (Wildman–Crippen LogP) is 5.61. The highest BCUT2D eigenvalue weighted by molar-refractivity contribution is 7.98. The van der Waals surface area contributed by atoms with Gasteiger partial charge in [0.2, 0.25) is 17.6 Å². The van der Waals surface area contributed by atoms with Gasteiger partial charge >= 0.3 is 0 Å². The number of para-hydroxylation sites is 1. The van der Waals surface area contributed by atoms with Gasteiger partial charge in [0.15, 0.2) is 0 Å². The van der Waals surface area contributed by atoms with Crippen molar-refractivity contribution in [1.82, 2.24) is 15.0 Å². The van der Waals surface area contributed by atoms with E-state index in [-0.39, 0.29) is 17.2 Å². The van der Waals surface area contributed by atoms with E-state index in [0.717, 1.165) is 35.5 Å². The van der Waals surface area contributed by atoms with Gasteiger partial charge in [0.1, 0.15) is 0 Å². The molecule has 1 N–H and O–H groups in total. The molecule has 7 heteroatoms. The maximum absolute atomic E-state index is 12.9. The second-order valence-electron chi connectivity index (χ2n) is 9.60. The average Bonchev–Trinajstić information content (AvgIpc) is 3.27. The number of benzene rings is 2. The summed E-state index contributed by atoms with van der Waals surface area (Å²) >= 11 is 1.64. The molecule has 1 fully saturated rings. The molecule has 4 rings (SSSR count). The molecule has 33 heavy (non-hydrogen) atoms. The predicted molar refractivity (Wildman–Crippen MR) is 133 cm³/mol. The van der Waals surface area contributed by atoms with Gasteiger partial charge in [-0.1, -0.05) is 62.3 Å². The molecule has 2 heterocycles. The summed E-state index contributed by atoms with van der Waals surface area (Å²) in [6, 6.07) is 16.2. The molecule has 1 aliphatic rings. The SMILES string of the molecule is CSc1ccccc1NC(=O)C1CCCN(Cc2nc(-c3ccc(C(C)(C)C)cc3)no2)C1. The Morgan fingerprint density at radius 2 is 1.94 bits per heavy atom. The zero-order chi connectivity index (χ0) is 23.4. The minimum Gasteiger partial charge on any atom is -0.338 e. The summed E-state index contributed by atoms with van der Waals surface area (Å²) in [5.41, 5.74) is 3.20. The van der Waals surface area contributed by atoms with Gasteiger partial charge in [-0.15, -0.1) is 11.8 Å². The number of carbonyl (C=O) groups is 1. The van der Waals surface area contributed by atoms with Crippen LogP contribution in [0.3, 0.4) is 0 Å². The fourth-order valence-corrected chi connectivity index (χ4v) is 4.70. The van der Waals surface area contributed by atoms with Crippen LogP contribution in [0.4, 0.5) is 5.69 Å². The molecule has 2 aromatic carbocycles. The zero-order valence-corrected chi connectivity index (χ0v) is 20.6. The van der Waals surface area contributed by atoms with Gasteiger partial charge in [-0.05, 0) is 48.8 Å². The normalized spacial score (nSPS) is 17.2. The number of hydrogen-bond donors (Lipinski definition) is 1. The summed E-state index contributed by atoms with van der Waals surface area (Å²) in [4.78, 5) is 20.8. The maximum Gasteiger partial charge on any atom is 0.241 e. The van der Waals surface area contributed by atoms with Crippen molar-refractivity contribution in [3.63, 3.8) is 0 Å². The van der Waals surface area contributed by atoms with Crippen molar-refractivity contribution in [3.05, 3.63) is 60.0 Å². The Bertz CT molecular complexity index is 1090. The summed E-state index contributed by atoms with van der Waals surface area (Å²) in [6.45, 7) is 8.75. The third-order valence-electron chi connectivity index (χ3n) is 6.08. The van der Waals surface area contributed by atoms with Crippen molar-refractivity contribution in [3.8, 4) is 11.4 Å². The van der Waals surface area contributed by atoms with Gasteiger partial charge in [0.25, 0.3) is 0 Å². The van der Waals surface area contributed by atoms with Gasteiger partial charge in [0.05, 0.1) is 18.2 Å². The third kappa shape index (κ3) is 5.84. The Labute approximate surface area is 200 Å². The molecule has 0 saturated carbocycles. The quantitative estimate of drug-likeness (QED) is 0.478. The first-order valence-electron chi connectivity index (χ1n) is 11.4. The van der Waals surface area contributed by atoms with E-state index >= 15 is 0 Å². The average molecular weight is 465 g/mol. The van der Waals surface area contributed by atoms with Crippen molar-refractivity contribution in [2.24, 2.45) is 5.92 Å². The molecule has 1 aliphatic heterocycles. The minimum atomic E-state index is -0.0546. The monoisotopic (exact) mass is 464 g/mol. The molecule has 0 aliphatic carbocycles. The van der Waals surface area contributed by atoms with Crippen molar-refractivity contribution in [1.29, 1.82) is 0 Å². The van der Waals surface area contributed by atoms with Gasteiger partial charge in [-0.25, -0.2) is 0 Å². The highest BCUT2D eigenvalue weighted by Gasteiger charge is 2.27. The first kappa shape index (κ1) is 23.5. The van der Waals surface area contributed by atoms with Crippen LogP contribution in [-0.2, 0) is 16.8 Å². The van der Waals surface area contributed by atoms with Crippen LogP contribution in [0.15, 0.2) is 57.9 Å². The van der Waals surface area contributed by atoms with Crippen molar-refractivity contribution in [2.45, 2.75) is 50.5 Å². The Balaban J connectivity index is 1.37.